The molecule has 17 heavy (non-hydrogen) atoms. The molecule has 4 heteroatoms. The van der Waals surface area contributed by atoms with Gasteiger partial charge in [0.15, 0.2) is 0 Å². The number of benzene rings is 1. The number of aliphatic hydroxyl groups is 1. The highest BCUT2D eigenvalue weighted by molar-refractivity contribution is 5.93. The third kappa shape index (κ3) is 2.65. The highest BCUT2D eigenvalue weighted by Crippen LogP contribution is 2.34. The van der Waals surface area contributed by atoms with Gasteiger partial charge in [0, 0.05) is 17.6 Å². The lowest BCUT2D eigenvalue weighted by molar-refractivity contribution is 0.1000. The van der Waals surface area contributed by atoms with Crippen molar-refractivity contribution in [1.82, 2.24) is 5.32 Å². The maximum absolute atomic E-state index is 11.0. The molecule has 0 saturated heterocycles. The van der Waals surface area contributed by atoms with Crippen molar-refractivity contribution in [3.63, 3.8) is 0 Å². The van der Waals surface area contributed by atoms with Gasteiger partial charge < -0.3 is 16.2 Å². The molecule has 0 atom stereocenters. The van der Waals surface area contributed by atoms with Crippen molar-refractivity contribution in [3.8, 4) is 0 Å². The first kappa shape index (κ1) is 12.1. The number of hydrogen-bond donors (Lipinski definition) is 3. The standard InChI is InChI=1S/C13H18N2O2/c1-9-6-10(12(14)17)2-3-11(9)7-15-13(8-16)4-5-13/h2-3,6,15-16H,4-5,7-8H2,1H3,(H2,14,17). The van der Waals surface area contributed by atoms with Crippen molar-refractivity contribution >= 4 is 5.91 Å². The third-order valence-corrected chi connectivity index (χ3v) is 3.44. The number of primary amides is 1. The summed E-state index contributed by atoms with van der Waals surface area (Å²) in [7, 11) is 0. The van der Waals surface area contributed by atoms with Gasteiger partial charge in [0.25, 0.3) is 0 Å². The Kier molecular flexibility index (Phi) is 3.17. The van der Waals surface area contributed by atoms with Gasteiger partial charge in [-0.3, -0.25) is 4.79 Å². The molecule has 1 amide bonds. The Morgan fingerprint density at radius 3 is 2.71 bits per heavy atom. The number of carbonyl (C=O) groups excluding carboxylic acids is 1. The van der Waals surface area contributed by atoms with Gasteiger partial charge in [-0.15, -0.1) is 0 Å². The van der Waals surface area contributed by atoms with Crippen molar-refractivity contribution in [2.75, 3.05) is 6.61 Å². The number of nitrogens with two attached hydrogens (primary N) is 1. The van der Waals surface area contributed by atoms with E-state index in [1.165, 1.54) is 0 Å². The Morgan fingerprint density at radius 1 is 1.53 bits per heavy atom. The van der Waals surface area contributed by atoms with E-state index in [1.807, 2.05) is 13.0 Å². The molecule has 1 saturated carbocycles. The molecular weight excluding hydrogens is 216 g/mol. The van der Waals surface area contributed by atoms with Gasteiger partial charge in [0.2, 0.25) is 5.91 Å². The minimum Gasteiger partial charge on any atom is -0.394 e. The van der Waals surface area contributed by atoms with Crippen molar-refractivity contribution in [2.45, 2.75) is 31.8 Å². The van der Waals surface area contributed by atoms with Crippen LogP contribution >= 0.6 is 0 Å². The smallest absolute Gasteiger partial charge is 0.248 e. The number of aliphatic hydroxyl groups excluding tert-OH is 1. The Hall–Kier alpha value is -1.39. The summed E-state index contributed by atoms with van der Waals surface area (Å²) in [5, 5.41) is 12.6. The third-order valence-electron chi connectivity index (χ3n) is 3.44. The van der Waals surface area contributed by atoms with Gasteiger partial charge in [-0.25, -0.2) is 0 Å². The van der Waals surface area contributed by atoms with Gasteiger partial charge in [0.1, 0.15) is 0 Å². The Labute approximate surface area is 101 Å². The molecule has 0 unspecified atom stereocenters. The lowest BCUT2D eigenvalue weighted by Crippen LogP contribution is -2.34. The molecule has 0 aromatic heterocycles. The number of nitrogens with one attached hydrogen (secondary N) is 1. The summed E-state index contributed by atoms with van der Waals surface area (Å²) in [6.45, 7) is 2.86. The second-order valence-electron chi connectivity index (χ2n) is 4.80. The lowest BCUT2D eigenvalue weighted by atomic mass is 10.0. The van der Waals surface area contributed by atoms with Crippen molar-refractivity contribution < 1.29 is 9.90 Å². The average molecular weight is 234 g/mol. The van der Waals surface area contributed by atoms with Crippen LogP contribution in [0.25, 0.3) is 0 Å². The monoisotopic (exact) mass is 234 g/mol. The molecule has 1 aromatic rings. The number of amides is 1. The predicted molar refractivity (Wildman–Crippen MR) is 65.6 cm³/mol. The van der Waals surface area contributed by atoms with Crippen molar-refractivity contribution in [3.05, 3.63) is 34.9 Å². The Morgan fingerprint density at radius 2 is 2.24 bits per heavy atom. The molecule has 0 radical (unpaired) electrons. The van der Waals surface area contributed by atoms with Crippen LogP contribution in [0.15, 0.2) is 18.2 Å². The van der Waals surface area contributed by atoms with E-state index in [9.17, 15) is 9.90 Å². The van der Waals surface area contributed by atoms with Crippen molar-refractivity contribution in [2.24, 2.45) is 5.73 Å². The van der Waals surface area contributed by atoms with Crippen LogP contribution in [0.3, 0.4) is 0 Å². The van der Waals surface area contributed by atoms with Crippen LogP contribution in [0.2, 0.25) is 0 Å². The molecular formula is C13H18N2O2. The predicted octanol–water partition coefficient (Wildman–Crippen LogP) is 0.708. The van der Waals surface area contributed by atoms with Crippen LogP contribution in [-0.4, -0.2) is 23.2 Å². The zero-order chi connectivity index (χ0) is 12.5. The van der Waals surface area contributed by atoms with Gasteiger partial charge in [-0.1, -0.05) is 6.07 Å². The van der Waals surface area contributed by atoms with E-state index in [0.29, 0.717) is 12.1 Å². The first-order chi connectivity index (χ1) is 8.06. The summed E-state index contributed by atoms with van der Waals surface area (Å²) in [6.07, 6.45) is 2.06. The highest BCUT2D eigenvalue weighted by atomic mass is 16.3. The molecule has 1 aliphatic rings. The fourth-order valence-electron chi connectivity index (χ4n) is 1.87. The molecule has 1 aliphatic carbocycles. The fourth-order valence-corrected chi connectivity index (χ4v) is 1.87. The van der Waals surface area contributed by atoms with Crippen LogP contribution in [0.1, 0.15) is 34.3 Å². The van der Waals surface area contributed by atoms with Crippen LogP contribution in [0.4, 0.5) is 0 Å². The summed E-state index contributed by atoms with van der Waals surface area (Å²) in [4.78, 5) is 11.0. The summed E-state index contributed by atoms with van der Waals surface area (Å²) in [6, 6.07) is 5.46. The molecule has 0 bridgehead atoms. The lowest BCUT2D eigenvalue weighted by Gasteiger charge is -2.15. The quantitative estimate of drug-likeness (QED) is 0.702. The number of aryl methyl sites for hydroxylation is 1. The second-order valence-corrected chi connectivity index (χ2v) is 4.80. The van der Waals surface area contributed by atoms with E-state index in [1.54, 1.807) is 12.1 Å². The summed E-state index contributed by atoms with van der Waals surface area (Å²) in [5.74, 6) is -0.401. The molecule has 1 fully saturated rings. The van der Waals surface area contributed by atoms with E-state index in [-0.39, 0.29) is 12.1 Å². The topological polar surface area (TPSA) is 75.4 Å². The maximum Gasteiger partial charge on any atom is 0.248 e. The Balaban J connectivity index is 2.04. The maximum atomic E-state index is 11.0. The van der Waals surface area contributed by atoms with Gasteiger partial charge >= 0.3 is 0 Å². The normalized spacial score (nSPS) is 16.8. The molecule has 0 aliphatic heterocycles. The summed E-state index contributed by atoms with van der Waals surface area (Å²) in [5.41, 5.74) is 7.87. The summed E-state index contributed by atoms with van der Waals surface area (Å²) >= 11 is 0. The van der Waals surface area contributed by atoms with Gasteiger partial charge in [-0.2, -0.15) is 0 Å². The van der Waals surface area contributed by atoms with E-state index >= 15 is 0 Å². The van der Waals surface area contributed by atoms with E-state index in [2.05, 4.69) is 5.32 Å². The number of rotatable bonds is 5. The van der Waals surface area contributed by atoms with Crippen LogP contribution in [0, 0.1) is 6.92 Å². The molecule has 2 rings (SSSR count). The number of hydrogen-bond acceptors (Lipinski definition) is 3. The molecule has 0 heterocycles. The van der Waals surface area contributed by atoms with Gasteiger partial charge in [0.05, 0.1) is 6.61 Å². The van der Waals surface area contributed by atoms with Gasteiger partial charge in [-0.05, 0) is 43.0 Å². The van der Waals surface area contributed by atoms with Crippen molar-refractivity contribution in [1.29, 1.82) is 0 Å². The zero-order valence-electron chi connectivity index (χ0n) is 9.99. The molecule has 1 aromatic carbocycles. The molecule has 4 nitrogen and oxygen atoms in total. The fraction of sp³-hybridized carbons (Fsp3) is 0.462. The minimum atomic E-state index is -0.401. The first-order valence-electron chi connectivity index (χ1n) is 5.81. The first-order valence-corrected chi connectivity index (χ1v) is 5.81. The average Bonchev–Trinajstić information content (AvgIpc) is 3.08. The van der Waals surface area contributed by atoms with Crippen LogP contribution in [-0.2, 0) is 6.54 Å². The van der Waals surface area contributed by atoms with Crippen LogP contribution in [0.5, 0.6) is 0 Å². The zero-order valence-corrected chi connectivity index (χ0v) is 9.99. The van der Waals surface area contributed by atoms with E-state index < -0.39 is 5.91 Å². The largest absolute Gasteiger partial charge is 0.394 e. The highest BCUT2D eigenvalue weighted by Gasteiger charge is 2.41. The summed E-state index contributed by atoms with van der Waals surface area (Å²) < 4.78 is 0. The van der Waals surface area contributed by atoms with E-state index in [0.717, 1.165) is 24.0 Å². The molecule has 92 valence electrons. The second kappa shape index (κ2) is 4.47. The minimum absolute atomic E-state index is 0.0607. The van der Waals surface area contributed by atoms with E-state index in [4.69, 9.17) is 5.73 Å². The Bertz CT molecular complexity index is 439. The molecule has 4 N–H and O–H groups in total. The SMILES string of the molecule is Cc1cc(C(N)=O)ccc1CNC1(CO)CC1. The number of carbonyl (C=O) groups is 1. The molecule has 0 spiro atoms. The van der Waals surface area contributed by atoms with Crippen LogP contribution < -0.4 is 11.1 Å².